The number of carbonyl (C=O) groups excluding carboxylic acids is 2. The minimum absolute atomic E-state index is 0. The Morgan fingerprint density at radius 1 is 1.00 bits per heavy atom. The Balaban J connectivity index is 0.00000205. The summed E-state index contributed by atoms with van der Waals surface area (Å²) in [6, 6.07) is 5.21. The molecule has 29 heavy (non-hydrogen) atoms. The van der Waals surface area contributed by atoms with Crippen LogP contribution in [0.15, 0.2) is 18.2 Å². The maximum absolute atomic E-state index is 12.9. The number of aromatic amines is 1. The van der Waals surface area contributed by atoms with Crippen LogP contribution in [-0.2, 0) is 13.0 Å². The molecule has 1 fully saturated rings. The summed E-state index contributed by atoms with van der Waals surface area (Å²) in [6.45, 7) is 3.70. The molecule has 0 aliphatic carbocycles. The first kappa shape index (κ1) is 19.5. The van der Waals surface area contributed by atoms with E-state index in [4.69, 9.17) is 9.47 Å². The van der Waals surface area contributed by atoms with E-state index in [0.29, 0.717) is 55.5 Å². The average molecular weight is 420 g/mol. The lowest BCUT2D eigenvalue weighted by molar-refractivity contribution is 0.0531. The van der Waals surface area contributed by atoms with Crippen LogP contribution in [0, 0.1) is 0 Å². The van der Waals surface area contributed by atoms with Gasteiger partial charge in [-0.2, -0.15) is 5.10 Å². The van der Waals surface area contributed by atoms with Gasteiger partial charge < -0.3 is 24.6 Å². The van der Waals surface area contributed by atoms with Gasteiger partial charge in [-0.25, -0.2) is 0 Å². The van der Waals surface area contributed by atoms with Crippen LogP contribution in [-0.4, -0.2) is 71.3 Å². The largest absolute Gasteiger partial charge is 0.454 e. The first-order valence-corrected chi connectivity index (χ1v) is 9.46. The average Bonchev–Trinajstić information content (AvgIpc) is 3.39. The summed E-state index contributed by atoms with van der Waals surface area (Å²) in [4.78, 5) is 29.2. The standard InChI is InChI=1S/C19H21N5O4.ClH/c25-18(12-1-2-15-16(9-12)28-11-27-15)23-5-7-24(8-6-23)19(26)17-13-10-20-4-3-14(13)21-22-17;/h1-2,9,20H,3-8,10-11H2,(H,21,22);1H. The van der Waals surface area contributed by atoms with E-state index in [9.17, 15) is 9.59 Å². The first-order chi connectivity index (χ1) is 13.7. The van der Waals surface area contributed by atoms with Crippen molar-refractivity contribution in [1.82, 2.24) is 25.3 Å². The topological polar surface area (TPSA) is 99.8 Å². The SMILES string of the molecule is Cl.O=C(c1ccc2c(c1)OCO2)N1CCN(C(=O)c2n[nH]c3c2CNCC3)CC1. The molecule has 1 saturated heterocycles. The van der Waals surface area contributed by atoms with Gasteiger partial charge in [0.1, 0.15) is 0 Å². The van der Waals surface area contributed by atoms with Gasteiger partial charge >= 0.3 is 0 Å². The number of hydrogen-bond acceptors (Lipinski definition) is 6. The van der Waals surface area contributed by atoms with Crippen molar-refractivity contribution < 1.29 is 19.1 Å². The molecule has 2 aromatic rings. The number of carbonyl (C=O) groups is 2. The Hall–Kier alpha value is -2.78. The van der Waals surface area contributed by atoms with Crippen LogP contribution in [0.3, 0.4) is 0 Å². The van der Waals surface area contributed by atoms with Gasteiger partial charge in [-0.15, -0.1) is 12.4 Å². The number of ether oxygens (including phenoxy) is 2. The number of hydrogen-bond donors (Lipinski definition) is 2. The molecule has 0 radical (unpaired) electrons. The van der Waals surface area contributed by atoms with Crippen LogP contribution < -0.4 is 14.8 Å². The fourth-order valence-corrected chi connectivity index (χ4v) is 3.88. The van der Waals surface area contributed by atoms with E-state index >= 15 is 0 Å². The van der Waals surface area contributed by atoms with Crippen LogP contribution in [0.25, 0.3) is 0 Å². The quantitative estimate of drug-likeness (QED) is 0.747. The Morgan fingerprint density at radius 3 is 2.52 bits per heavy atom. The van der Waals surface area contributed by atoms with Crippen molar-refractivity contribution in [1.29, 1.82) is 0 Å². The van der Waals surface area contributed by atoms with Gasteiger partial charge in [-0.3, -0.25) is 14.7 Å². The van der Waals surface area contributed by atoms with E-state index in [2.05, 4.69) is 15.5 Å². The Morgan fingerprint density at radius 2 is 1.72 bits per heavy atom. The van der Waals surface area contributed by atoms with Crippen LogP contribution in [0.2, 0.25) is 0 Å². The molecule has 3 aliphatic heterocycles. The third kappa shape index (κ3) is 3.51. The van der Waals surface area contributed by atoms with Crippen molar-refractivity contribution >= 4 is 24.2 Å². The number of H-pyrrole nitrogens is 1. The second-order valence-electron chi connectivity index (χ2n) is 7.11. The molecule has 2 amide bonds. The summed E-state index contributed by atoms with van der Waals surface area (Å²) in [5, 5.41) is 10.5. The lowest BCUT2D eigenvalue weighted by Crippen LogP contribution is -2.50. The molecular weight excluding hydrogens is 398 g/mol. The monoisotopic (exact) mass is 419 g/mol. The zero-order valence-corrected chi connectivity index (χ0v) is 16.6. The highest BCUT2D eigenvalue weighted by Gasteiger charge is 2.30. The Labute approximate surface area is 173 Å². The lowest BCUT2D eigenvalue weighted by Gasteiger charge is -2.34. The number of fused-ring (bicyclic) bond motifs is 2. The molecule has 1 aromatic carbocycles. The Kier molecular flexibility index (Phi) is 5.33. The fourth-order valence-electron chi connectivity index (χ4n) is 3.88. The predicted molar refractivity (Wildman–Crippen MR) is 106 cm³/mol. The normalized spacial score (nSPS) is 17.5. The Bertz CT molecular complexity index is 939. The van der Waals surface area contributed by atoms with E-state index in [-0.39, 0.29) is 31.0 Å². The molecule has 9 nitrogen and oxygen atoms in total. The molecule has 1 aromatic heterocycles. The third-order valence-electron chi connectivity index (χ3n) is 5.48. The summed E-state index contributed by atoms with van der Waals surface area (Å²) in [7, 11) is 0. The summed E-state index contributed by atoms with van der Waals surface area (Å²) in [5.41, 5.74) is 3.07. The van der Waals surface area contributed by atoms with E-state index < -0.39 is 0 Å². The zero-order valence-electron chi connectivity index (χ0n) is 15.8. The molecular formula is C19H22ClN5O4. The zero-order chi connectivity index (χ0) is 19.1. The van der Waals surface area contributed by atoms with E-state index in [0.717, 1.165) is 24.2 Å². The molecule has 0 unspecified atom stereocenters. The number of benzene rings is 1. The van der Waals surface area contributed by atoms with Crippen molar-refractivity contribution in [2.24, 2.45) is 0 Å². The molecule has 0 spiro atoms. The molecule has 3 aliphatic rings. The van der Waals surface area contributed by atoms with Gasteiger partial charge in [-0.1, -0.05) is 0 Å². The van der Waals surface area contributed by atoms with Gasteiger partial charge in [0.2, 0.25) is 6.79 Å². The highest BCUT2D eigenvalue weighted by atomic mass is 35.5. The first-order valence-electron chi connectivity index (χ1n) is 9.46. The van der Waals surface area contributed by atoms with Crippen molar-refractivity contribution in [3.63, 3.8) is 0 Å². The molecule has 0 atom stereocenters. The van der Waals surface area contributed by atoms with E-state index in [1.165, 1.54) is 0 Å². The molecule has 5 rings (SSSR count). The summed E-state index contributed by atoms with van der Waals surface area (Å²) >= 11 is 0. The van der Waals surface area contributed by atoms with Crippen LogP contribution in [0.5, 0.6) is 11.5 Å². The molecule has 0 bridgehead atoms. The number of piperazine rings is 1. The van der Waals surface area contributed by atoms with Crippen molar-refractivity contribution in [3.8, 4) is 11.5 Å². The van der Waals surface area contributed by atoms with Crippen molar-refractivity contribution in [2.45, 2.75) is 13.0 Å². The van der Waals surface area contributed by atoms with E-state index in [1.54, 1.807) is 28.0 Å². The van der Waals surface area contributed by atoms with E-state index in [1.807, 2.05) is 0 Å². The highest BCUT2D eigenvalue weighted by Crippen LogP contribution is 2.33. The molecule has 2 N–H and O–H groups in total. The second kappa shape index (κ2) is 7.92. The smallest absolute Gasteiger partial charge is 0.274 e. The van der Waals surface area contributed by atoms with Gasteiger partial charge in [0, 0.05) is 62.5 Å². The van der Waals surface area contributed by atoms with Gasteiger partial charge in [0.15, 0.2) is 17.2 Å². The number of amides is 2. The lowest BCUT2D eigenvalue weighted by atomic mass is 10.1. The molecule has 4 heterocycles. The van der Waals surface area contributed by atoms with Gasteiger partial charge in [0.25, 0.3) is 11.8 Å². The maximum Gasteiger partial charge on any atom is 0.274 e. The second-order valence-corrected chi connectivity index (χ2v) is 7.11. The van der Waals surface area contributed by atoms with Crippen LogP contribution in [0.4, 0.5) is 0 Å². The van der Waals surface area contributed by atoms with Gasteiger partial charge in [-0.05, 0) is 18.2 Å². The van der Waals surface area contributed by atoms with Crippen LogP contribution >= 0.6 is 12.4 Å². The number of rotatable bonds is 2. The summed E-state index contributed by atoms with van der Waals surface area (Å²) < 4.78 is 10.6. The number of halogens is 1. The maximum atomic E-state index is 12.9. The third-order valence-corrected chi connectivity index (χ3v) is 5.48. The minimum atomic E-state index is -0.0728. The number of nitrogens with zero attached hydrogens (tertiary/aromatic N) is 3. The summed E-state index contributed by atoms with van der Waals surface area (Å²) in [6.07, 6.45) is 0.855. The number of nitrogens with one attached hydrogen (secondary N) is 2. The van der Waals surface area contributed by atoms with Crippen molar-refractivity contribution in [3.05, 3.63) is 40.7 Å². The fraction of sp³-hybridized carbons (Fsp3) is 0.421. The predicted octanol–water partition coefficient (Wildman–Crippen LogP) is 0.804. The van der Waals surface area contributed by atoms with Gasteiger partial charge in [0.05, 0.1) is 0 Å². The number of aromatic nitrogens is 2. The van der Waals surface area contributed by atoms with Crippen LogP contribution in [0.1, 0.15) is 32.1 Å². The molecule has 0 saturated carbocycles. The molecule has 10 heteroatoms. The minimum Gasteiger partial charge on any atom is -0.454 e. The van der Waals surface area contributed by atoms with Crippen molar-refractivity contribution in [2.75, 3.05) is 39.5 Å². The molecule has 154 valence electrons. The summed E-state index contributed by atoms with van der Waals surface area (Å²) in [5.74, 6) is 1.11. The highest BCUT2D eigenvalue weighted by molar-refractivity contribution is 5.96.